The number of hydrogen-bond donors (Lipinski definition) is 1. The Balaban J connectivity index is 2.23. The van der Waals surface area contributed by atoms with Gasteiger partial charge in [0.15, 0.2) is 5.82 Å². The summed E-state index contributed by atoms with van der Waals surface area (Å²) >= 11 is 1.71. The summed E-state index contributed by atoms with van der Waals surface area (Å²) in [6.45, 7) is 2.91. The van der Waals surface area contributed by atoms with Crippen LogP contribution < -0.4 is 5.32 Å². The Morgan fingerprint density at radius 1 is 1.00 bits per heavy atom. The van der Waals surface area contributed by atoms with E-state index >= 15 is 0 Å². The first-order valence-electron chi connectivity index (χ1n) is 6.97. The first kappa shape index (κ1) is 13.9. The highest BCUT2D eigenvalue weighted by molar-refractivity contribution is 7.98. The molecule has 21 heavy (non-hydrogen) atoms. The zero-order valence-corrected chi connectivity index (χ0v) is 12.9. The van der Waals surface area contributed by atoms with E-state index in [-0.39, 0.29) is 0 Å². The molecule has 3 nitrogen and oxygen atoms in total. The van der Waals surface area contributed by atoms with E-state index in [4.69, 9.17) is 9.97 Å². The lowest BCUT2D eigenvalue weighted by atomic mass is 10.2. The molecule has 1 aromatic heterocycles. The van der Waals surface area contributed by atoms with Crippen LogP contribution in [0, 0.1) is 0 Å². The Labute approximate surface area is 128 Å². The van der Waals surface area contributed by atoms with Crippen molar-refractivity contribution in [2.45, 2.75) is 11.8 Å². The molecule has 0 spiro atoms. The molecule has 0 saturated heterocycles. The molecule has 0 fully saturated rings. The van der Waals surface area contributed by atoms with Crippen LogP contribution in [0.25, 0.3) is 22.3 Å². The predicted octanol–water partition coefficient (Wildman–Crippen LogP) is 4.45. The number of aromatic nitrogens is 2. The monoisotopic (exact) mass is 295 g/mol. The molecule has 0 aliphatic heterocycles. The van der Waals surface area contributed by atoms with Crippen molar-refractivity contribution in [2.24, 2.45) is 0 Å². The number of thioether (sulfide) groups is 1. The number of nitrogens with zero attached hydrogens (tertiary/aromatic N) is 2. The van der Waals surface area contributed by atoms with Crippen molar-refractivity contribution in [3.05, 3.63) is 48.5 Å². The quantitative estimate of drug-likeness (QED) is 0.722. The fourth-order valence-electron chi connectivity index (χ4n) is 2.33. The van der Waals surface area contributed by atoms with E-state index < -0.39 is 0 Å². The summed E-state index contributed by atoms with van der Waals surface area (Å²) in [7, 11) is 0. The van der Waals surface area contributed by atoms with Crippen molar-refractivity contribution < 1.29 is 0 Å². The van der Waals surface area contributed by atoms with E-state index in [9.17, 15) is 0 Å². The fraction of sp³-hybridized carbons (Fsp3) is 0.176. The molecule has 0 amide bonds. The SMILES string of the molecule is CCNc1nc(-c2ccccc2SC)nc2ccccc12. The molecule has 1 heterocycles. The minimum absolute atomic E-state index is 0.773. The molecule has 0 bridgehead atoms. The van der Waals surface area contributed by atoms with Crippen LogP contribution in [0.1, 0.15) is 6.92 Å². The molecule has 3 aromatic rings. The average molecular weight is 295 g/mol. The number of hydrogen-bond acceptors (Lipinski definition) is 4. The third kappa shape index (κ3) is 2.72. The first-order chi connectivity index (χ1) is 10.3. The summed E-state index contributed by atoms with van der Waals surface area (Å²) in [6.07, 6.45) is 2.07. The zero-order chi connectivity index (χ0) is 14.7. The number of rotatable bonds is 4. The first-order valence-corrected chi connectivity index (χ1v) is 8.20. The van der Waals surface area contributed by atoms with Crippen LogP contribution in [-0.4, -0.2) is 22.8 Å². The van der Waals surface area contributed by atoms with Crippen molar-refractivity contribution in [3.8, 4) is 11.4 Å². The molecule has 3 rings (SSSR count). The maximum atomic E-state index is 4.73. The summed E-state index contributed by atoms with van der Waals surface area (Å²) in [5.41, 5.74) is 2.05. The van der Waals surface area contributed by atoms with Crippen molar-refractivity contribution in [2.75, 3.05) is 18.1 Å². The molecule has 0 aliphatic rings. The smallest absolute Gasteiger partial charge is 0.163 e. The molecule has 106 valence electrons. The molecule has 0 aliphatic carbocycles. The summed E-state index contributed by atoms with van der Waals surface area (Å²) in [5, 5.41) is 4.40. The van der Waals surface area contributed by atoms with Gasteiger partial charge in [0, 0.05) is 22.4 Å². The highest BCUT2D eigenvalue weighted by Gasteiger charge is 2.11. The standard InChI is InChI=1S/C17H17N3S/c1-3-18-16-12-8-4-6-10-14(12)19-17(20-16)13-9-5-7-11-15(13)21-2/h4-11H,3H2,1-2H3,(H,18,19,20). The third-order valence-corrected chi connectivity index (χ3v) is 4.09. The Hall–Kier alpha value is -2.07. The summed E-state index contributed by atoms with van der Waals surface area (Å²) in [4.78, 5) is 10.7. The minimum atomic E-state index is 0.773. The van der Waals surface area contributed by atoms with Gasteiger partial charge in [0.25, 0.3) is 0 Å². The fourth-order valence-corrected chi connectivity index (χ4v) is 2.92. The van der Waals surface area contributed by atoms with Crippen LogP contribution in [0.4, 0.5) is 5.82 Å². The largest absolute Gasteiger partial charge is 0.370 e. The second-order valence-corrected chi connectivity index (χ2v) is 5.49. The van der Waals surface area contributed by atoms with Crippen LogP contribution in [0.2, 0.25) is 0 Å². The van der Waals surface area contributed by atoms with Gasteiger partial charge in [-0.1, -0.05) is 30.3 Å². The maximum Gasteiger partial charge on any atom is 0.163 e. The van der Waals surface area contributed by atoms with Crippen LogP contribution in [0.3, 0.4) is 0 Å². The van der Waals surface area contributed by atoms with Gasteiger partial charge in [0.2, 0.25) is 0 Å². The van der Waals surface area contributed by atoms with E-state index in [1.54, 1.807) is 11.8 Å². The van der Waals surface area contributed by atoms with Gasteiger partial charge in [-0.2, -0.15) is 0 Å². The zero-order valence-electron chi connectivity index (χ0n) is 12.1. The normalized spacial score (nSPS) is 10.8. The van der Waals surface area contributed by atoms with Gasteiger partial charge < -0.3 is 5.32 Å². The number of benzene rings is 2. The van der Waals surface area contributed by atoms with E-state index in [1.165, 1.54) is 4.90 Å². The molecule has 4 heteroatoms. The topological polar surface area (TPSA) is 37.8 Å². The average Bonchev–Trinajstić information content (AvgIpc) is 2.55. The lowest BCUT2D eigenvalue weighted by Crippen LogP contribution is -2.03. The summed E-state index contributed by atoms with van der Waals surface area (Å²) in [5.74, 6) is 1.67. The number of para-hydroxylation sites is 1. The van der Waals surface area contributed by atoms with Gasteiger partial charge in [-0.3, -0.25) is 0 Å². The Morgan fingerprint density at radius 3 is 2.57 bits per heavy atom. The molecule has 0 atom stereocenters. The van der Waals surface area contributed by atoms with Crippen molar-refractivity contribution >= 4 is 28.5 Å². The van der Waals surface area contributed by atoms with Gasteiger partial charge >= 0.3 is 0 Å². The van der Waals surface area contributed by atoms with Crippen molar-refractivity contribution in [3.63, 3.8) is 0 Å². The summed E-state index contributed by atoms with van der Waals surface area (Å²) in [6, 6.07) is 16.4. The highest BCUT2D eigenvalue weighted by atomic mass is 32.2. The van der Waals surface area contributed by atoms with Gasteiger partial charge in [-0.05, 0) is 31.4 Å². The van der Waals surface area contributed by atoms with Crippen molar-refractivity contribution in [1.82, 2.24) is 9.97 Å². The lowest BCUT2D eigenvalue weighted by Gasteiger charge is -2.11. The minimum Gasteiger partial charge on any atom is -0.370 e. The van der Waals surface area contributed by atoms with E-state index in [1.807, 2.05) is 30.3 Å². The van der Waals surface area contributed by atoms with Crippen LogP contribution in [0.15, 0.2) is 53.4 Å². The van der Waals surface area contributed by atoms with Crippen molar-refractivity contribution in [1.29, 1.82) is 0 Å². The second kappa shape index (κ2) is 6.14. The van der Waals surface area contributed by atoms with Crippen LogP contribution >= 0.6 is 11.8 Å². The van der Waals surface area contributed by atoms with E-state index in [2.05, 4.69) is 36.7 Å². The molecule has 0 radical (unpaired) electrons. The molecular weight excluding hydrogens is 278 g/mol. The van der Waals surface area contributed by atoms with Gasteiger partial charge in [0.05, 0.1) is 5.52 Å². The van der Waals surface area contributed by atoms with Gasteiger partial charge in [0.1, 0.15) is 5.82 Å². The molecule has 2 aromatic carbocycles. The number of fused-ring (bicyclic) bond motifs is 1. The van der Waals surface area contributed by atoms with E-state index in [0.29, 0.717) is 0 Å². The number of anilines is 1. The third-order valence-electron chi connectivity index (χ3n) is 3.30. The van der Waals surface area contributed by atoms with Gasteiger partial charge in [-0.15, -0.1) is 11.8 Å². The maximum absolute atomic E-state index is 4.73. The Bertz CT molecular complexity index is 771. The second-order valence-electron chi connectivity index (χ2n) is 4.64. The highest BCUT2D eigenvalue weighted by Crippen LogP contribution is 2.30. The summed E-state index contributed by atoms with van der Waals surface area (Å²) < 4.78 is 0. The Kier molecular flexibility index (Phi) is 4.06. The molecule has 0 saturated carbocycles. The number of nitrogens with one attached hydrogen (secondary N) is 1. The molecule has 0 unspecified atom stereocenters. The predicted molar refractivity (Wildman–Crippen MR) is 90.9 cm³/mol. The van der Waals surface area contributed by atoms with Crippen LogP contribution in [0.5, 0.6) is 0 Å². The molecule has 1 N–H and O–H groups in total. The van der Waals surface area contributed by atoms with Gasteiger partial charge in [-0.25, -0.2) is 9.97 Å². The Morgan fingerprint density at radius 2 is 1.76 bits per heavy atom. The molecular formula is C17H17N3S. The van der Waals surface area contributed by atoms with E-state index in [0.717, 1.165) is 34.7 Å². The lowest BCUT2D eigenvalue weighted by molar-refractivity contribution is 1.14. The van der Waals surface area contributed by atoms with Crippen LogP contribution in [-0.2, 0) is 0 Å².